The van der Waals surface area contributed by atoms with Gasteiger partial charge in [-0.25, -0.2) is 0 Å². The highest BCUT2D eigenvalue weighted by molar-refractivity contribution is 7.56. The van der Waals surface area contributed by atoms with E-state index in [1.165, 1.54) is 31.4 Å². The van der Waals surface area contributed by atoms with Crippen molar-refractivity contribution in [2.24, 2.45) is 0 Å². The van der Waals surface area contributed by atoms with Crippen LogP contribution in [-0.4, -0.2) is 25.2 Å². The second kappa shape index (κ2) is 8.03. The largest absolute Gasteiger partial charge is 0.343 e. The first-order chi connectivity index (χ1) is 12.1. The highest BCUT2D eigenvalue weighted by atomic mass is 31.2. The highest BCUT2D eigenvalue weighted by Gasteiger charge is 2.46. The van der Waals surface area contributed by atoms with Gasteiger partial charge in [-0.1, -0.05) is 65.8 Å². The minimum absolute atomic E-state index is 0.00503. The number of hydrogen-bond acceptors (Lipinski definition) is 4. The number of allylic oxidation sites excluding steroid dienone is 1. The third kappa shape index (κ3) is 5.40. The highest BCUT2D eigenvalue weighted by Crippen LogP contribution is 2.59. The van der Waals surface area contributed by atoms with Crippen LogP contribution in [0.4, 0.5) is 0 Å². The van der Waals surface area contributed by atoms with Gasteiger partial charge in [-0.2, -0.15) is 0 Å². The minimum Gasteiger partial charge on any atom is -0.311 e. The van der Waals surface area contributed by atoms with E-state index in [0.717, 1.165) is 5.56 Å². The van der Waals surface area contributed by atoms with Crippen molar-refractivity contribution in [1.29, 1.82) is 0 Å². The van der Waals surface area contributed by atoms with Gasteiger partial charge in [0.05, 0.1) is 0 Å². The molecule has 0 aliphatic rings. The standard InChI is InChI=1S/C22H35O4P/c1-20(2,3)17-13-16(14-18(15-17)21(4,5)6)11-12-19(23)22(7,8)27(24,25-9)26-10/h11-15H,1-10H3/b12-11+. The Morgan fingerprint density at radius 1 is 0.852 bits per heavy atom. The molecule has 0 saturated carbocycles. The molecule has 0 radical (unpaired) electrons. The lowest BCUT2D eigenvalue weighted by Crippen LogP contribution is -2.31. The molecule has 0 saturated heterocycles. The van der Waals surface area contributed by atoms with Gasteiger partial charge in [0.1, 0.15) is 5.16 Å². The summed E-state index contributed by atoms with van der Waals surface area (Å²) in [6.45, 7) is 16.2. The number of carbonyl (C=O) groups is 1. The van der Waals surface area contributed by atoms with Gasteiger partial charge in [-0.15, -0.1) is 0 Å². The Labute approximate surface area is 164 Å². The molecule has 152 valence electrons. The summed E-state index contributed by atoms with van der Waals surface area (Å²) in [6, 6.07) is 6.42. The van der Waals surface area contributed by atoms with Crippen molar-refractivity contribution in [3.8, 4) is 0 Å². The molecule has 0 heterocycles. The number of carbonyl (C=O) groups excluding carboxylic acids is 1. The van der Waals surface area contributed by atoms with Gasteiger partial charge in [-0.05, 0) is 47.4 Å². The second-order valence-electron chi connectivity index (χ2n) is 9.46. The summed E-state index contributed by atoms with van der Waals surface area (Å²) in [6.07, 6.45) is 3.25. The summed E-state index contributed by atoms with van der Waals surface area (Å²) >= 11 is 0. The van der Waals surface area contributed by atoms with E-state index in [1.54, 1.807) is 19.9 Å². The lowest BCUT2D eigenvalue weighted by molar-refractivity contribution is -0.116. The van der Waals surface area contributed by atoms with E-state index in [2.05, 4.69) is 59.7 Å². The summed E-state index contributed by atoms with van der Waals surface area (Å²) in [7, 11) is -0.940. The third-order valence-electron chi connectivity index (χ3n) is 4.88. The van der Waals surface area contributed by atoms with Crippen LogP contribution in [0.3, 0.4) is 0 Å². The second-order valence-corrected chi connectivity index (χ2v) is 12.3. The van der Waals surface area contributed by atoms with Crippen LogP contribution >= 0.6 is 7.60 Å². The van der Waals surface area contributed by atoms with Gasteiger partial charge >= 0.3 is 7.60 Å². The van der Waals surface area contributed by atoms with Crippen LogP contribution in [0.5, 0.6) is 0 Å². The fraction of sp³-hybridized carbons (Fsp3) is 0.591. The minimum atomic E-state index is -3.53. The molecule has 0 aliphatic carbocycles. The molecule has 0 bridgehead atoms. The van der Waals surface area contributed by atoms with Crippen molar-refractivity contribution in [1.82, 2.24) is 0 Å². The van der Waals surface area contributed by atoms with Crippen LogP contribution in [0, 0.1) is 0 Å². The van der Waals surface area contributed by atoms with Gasteiger partial charge in [-0.3, -0.25) is 9.36 Å². The maximum absolute atomic E-state index is 12.7. The van der Waals surface area contributed by atoms with Crippen molar-refractivity contribution >= 4 is 19.5 Å². The average molecular weight is 394 g/mol. The smallest absolute Gasteiger partial charge is 0.311 e. The average Bonchev–Trinajstić information content (AvgIpc) is 2.56. The molecule has 0 fully saturated rings. The summed E-state index contributed by atoms with van der Waals surface area (Å²) in [5.74, 6) is -0.298. The zero-order chi connectivity index (χ0) is 21.3. The molecule has 1 aromatic rings. The molecule has 0 unspecified atom stereocenters. The zero-order valence-corrected chi connectivity index (χ0v) is 19.4. The van der Waals surface area contributed by atoms with Crippen molar-refractivity contribution in [2.45, 2.75) is 71.4 Å². The molecule has 0 amide bonds. The van der Waals surface area contributed by atoms with Crippen molar-refractivity contribution < 1.29 is 18.4 Å². The van der Waals surface area contributed by atoms with E-state index in [1.807, 2.05) is 0 Å². The summed E-state index contributed by atoms with van der Waals surface area (Å²) in [5, 5.41) is -1.26. The SMILES string of the molecule is COP(=O)(OC)C(C)(C)C(=O)/C=C/c1cc(C(C)(C)C)cc(C(C)(C)C)c1. The monoisotopic (exact) mass is 394 g/mol. The van der Waals surface area contributed by atoms with Gasteiger partial charge < -0.3 is 9.05 Å². The van der Waals surface area contributed by atoms with E-state index in [0.29, 0.717) is 0 Å². The van der Waals surface area contributed by atoms with E-state index < -0.39 is 12.8 Å². The van der Waals surface area contributed by atoms with E-state index >= 15 is 0 Å². The van der Waals surface area contributed by atoms with Crippen LogP contribution in [0.1, 0.15) is 72.1 Å². The molecule has 4 nitrogen and oxygen atoms in total. The maximum Gasteiger partial charge on any atom is 0.343 e. The molecular formula is C22H35O4P. The van der Waals surface area contributed by atoms with E-state index in [9.17, 15) is 9.36 Å². The molecular weight excluding hydrogens is 359 g/mol. The first-order valence-corrected chi connectivity index (χ1v) is 10.7. The molecule has 0 aliphatic heterocycles. The van der Waals surface area contributed by atoms with Crippen molar-refractivity contribution in [3.05, 3.63) is 41.0 Å². The van der Waals surface area contributed by atoms with Crippen molar-refractivity contribution in [3.63, 3.8) is 0 Å². The van der Waals surface area contributed by atoms with E-state index in [-0.39, 0.29) is 16.6 Å². The lowest BCUT2D eigenvalue weighted by Gasteiger charge is -2.28. The fourth-order valence-corrected chi connectivity index (χ4v) is 4.06. The Kier molecular flexibility index (Phi) is 7.08. The molecule has 27 heavy (non-hydrogen) atoms. The first kappa shape index (κ1) is 23.8. The molecule has 1 aromatic carbocycles. The lowest BCUT2D eigenvalue weighted by atomic mass is 9.79. The number of benzene rings is 1. The Morgan fingerprint density at radius 3 is 1.59 bits per heavy atom. The Balaban J connectivity index is 3.35. The maximum atomic E-state index is 12.7. The topological polar surface area (TPSA) is 52.6 Å². The normalized spacial score (nSPS) is 14.0. The summed E-state index contributed by atoms with van der Waals surface area (Å²) in [4.78, 5) is 12.7. The predicted octanol–water partition coefficient (Wildman–Crippen LogP) is 6.13. The number of rotatable bonds is 6. The third-order valence-corrected chi connectivity index (χ3v) is 7.43. The molecule has 0 atom stereocenters. The number of ketones is 1. The molecule has 5 heteroatoms. The Hall–Kier alpha value is -1.22. The molecule has 1 rings (SSSR count). The van der Waals surface area contributed by atoms with E-state index in [4.69, 9.17) is 9.05 Å². The fourth-order valence-electron chi connectivity index (χ4n) is 2.66. The van der Waals surface area contributed by atoms with Gasteiger partial charge in [0.25, 0.3) is 0 Å². The first-order valence-electron chi connectivity index (χ1n) is 9.18. The van der Waals surface area contributed by atoms with Crippen LogP contribution in [0.2, 0.25) is 0 Å². The van der Waals surface area contributed by atoms with Gasteiger partial charge in [0.15, 0.2) is 5.78 Å². The van der Waals surface area contributed by atoms with Crippen LogP contribution in [0.25, 0.3) is 6.08 Å². The van der Waals surface area contributed by atoms with Gasteiger partial charge in [0.2, 0.25) is 0 Å². The van der Waals surface area contributed by atoms with Crippen LogP contribution in [0.15, 0.2) is 24.3 Å². The zero-order valence-electron chi connectivity index (χ0n) is 18.5. The number of hydrogen-bond donors (Lipinski definition) is 0. The predicted molar refractivity (Wildman–Crippen MR) is 114 cm³/mol. The quantitative estimate of drug-likeness (QED) is 0.430. The summed E-state index contributed by atoms with van der Waals surface area (Å²) < 4.78 is 22.8. The van der Waals surface area contributed by atoms with Gasteiger partial charge in [0, 0.05) is 14.2 Å². The molecule has 0 N–H and O–H groups in total. The van der Waals surface area contributed by atoms with Crippen molar-refractivity contribution in [2.75, 3.05) is 14.2 Å². The molecule has 0 aromatic heterocycles. The summed E-state index contributed by atoms with van der Waals surface area (Å²) in [5.41, 5.74) is 3.35. The Morgan fingerprint density at radius 2 is 1.26 bits per heavy atom. The van der Waals surface area contributed by atoms with Crippen LogP contribution < -0.4 is 0 Å². The van der Waals surface area contributed by atoms with Crippen LogP contribution in [-0.2, 0) is 29.2 Å². The molecule has 0 spiro atoms. The Bertz CT molecular complexity index is 721.